The fourth-order valence-electron chi connectivity index (χ4n) is 2.01. The molecule has 0 fully saturated rings. The quantitative estimate of drug-likeness (QED) is 0.398. The highest BCUT2D eigenvalue weighted by Crippen LogP contribution is 2.23. The van der Waals surface area contributed by atoms with Crippen molar-refractivity contribution in [1.82, 2.24) is 15.3 Å². The Kier molecular flexibility index (Phi) is 16.1. The van der Waals surface area contributed by atoms with Crippen molar-refractivity contribution in [3.05, 3.63) is 40.5 Å². The van der Waals surface area contributed by atoms with Gasteiger partial charge < -0.3 is 25.8 Å². The summed E-state index contributed by atoms with van der Waals surface area (Å²) in [7, 11) is 3.59. The number of aliphatic hydroxyl groups is 1. The van der Waals surface area contributed by atoms with E-state index in [1.54, 1.807) is 13.3 Å². The number of hydrogen-bond donors (Lipinski definition) is 4. The third-order valence-electron chi connectivity index (χ3n) is 3.55. The van der Waals surface area contributed by atoms with E-state index in [1.165, 1.54) is 5.56 Å². The van der Waals surface area contributed by atoms with Gasteiger partial charge in [0.15, 0.2) is 0 Å². The number of anilines is 3. The number of nitrogens with zero attached hydrogens (tertiary/aromatic N) is 2. The van der Waals surface area contributed by atoms with Gasteiger partial charge in [0.1, 0.15) is 5.82 Å². The molecule has 0 bridgehead atoms. The largest absolute Gasteiger partial charge is 0.394 e. The van der Waals surface area contributed by atoms with Crippen molar-refractivity contribution in [2.24, 2.45) is 0 Å². The van der Waals surface area contributed by atoms with Gasteiger partial charge in [-0.25, -0.2) is 4.98 Å². The zero-order chi connectivity index (χ0) is 22.8. The molecule has 0 saturated carbocycles. The fourth-order valence-corrected chi connectivity index (χ4v) is 2.32. The van der Waals surface area contributed by atoms with E-state index in [-0.39, 0.29) is 18.8 Å². The lowest BCUT2D eigenvalue weighted by Gasteiger charge is -2.14. The predicted octanol–water partition coefficient (Wildman–Crippen LogP) is 2.61. The third-order valence-corrected chi connectivity index (χ3v) is 4.13. The Morgan fingerprint density at radius 2 is 2.03 bits per heavy atom. The number of ether oxygens (including phenoxy) is 1. The van der Waals surface area contributed by atoms with Gasteiger partial charge in [0.2, 0.25) is 5.95 Å². The molecule has 30 heavy (non-hydrogen) atoms. The first-order valence-electron chi connectivity index (χ1n) is 9.34. The Labute approximate surface area is 185 Å². The number of likely N-dealkylation sites (N-methyl/N-ethyl adjacent to an activating group) is 1. The first-order valence-corrected chi connectivity index (χ1v) is 10.1. The van der Waals surface area contributed by atoms with Crippen LogP contribution in [0.15, 0.2) is 34.9 Å². The van der Waals surface area contributed by atoms with Gasteiger partial charge in [-0.2, -0.15) is 14.6 Å². The lowest BCUT2D eigenvalue weighted by molar-refractivity contribution is -0.191. The van der Waals surface area contributed by atoms with E-state index in [0.29, 0.717) is 11.8 Å². The second-order valence-corrected chi connectivity index (χ2v) is 6.83. The maximum Gasteiger partial charge on any atom is 0.373 e. The Hall–Kier alpha value is -2.36. The summed E-state index contributed by atoms with van der Waals surface area (Å²) in [5, 5.41) is 18.4. The number of methoxy groups -OCH3 is 1. The van der Waals surface area contributed by atoms with Crippen molar-refractivity contribution < 1.29 is 19.4 Å². The first-order chi connectivity index (χ1) is 14.4. The van der Waals surface area contributed by atoms with Crippen molar-refractivity contribution in [1.29, 1.82) is 0 Å². The average molecular weight is 484 g/mol. The highest BCUT2D eigenvalue weighted by Gasteiger charge is 2.08. The van der Waals surface area contributed by atoms with E-state index in [2.05, 4.69) is 60.9 Å². The van der Waals surface area contributed by atoms with E-state index < -0.39 is 0 Å². The van der Waals surface area contributed by atoms with Crippen LogP contribution in [0.4, 0.5) is 17.5 Å². The van der Waals surface area contributed by atoms with Crippen LogP contribution in [0, 0.1) is 0 Å². The molecule has 10 heteroatoms. The van der Waals surface area contributed by atoms with Crippen molar-refractivity contribution in [3.8, 4) is 0 Å². The molecule has 0 radical (unpaired) electrons. The molecule has 166 valence electrons. The molecule has 0 spiro atoms. The van der Waals surface area contributed by atoms with Gasteiger partial charge in [-0.05, 0) is 54.0 Å². The van der Waals surface area contributed by atoms with Crippen molar-refractivity contribution in [2.45, 2.75) is 26.3 Å². The molecule has 9 nitrogen and oxygen atoms in total. The molecular weight excluding hydrogens is 454 g/mol. The summed E-state index contributed by atoms with van der Waals surface area (Å²) in [6.45, 7) is 5.78. The average Bonchev–Trinajstić information content (AvgIpc) is 2.75. The zero-order valence-electron chi connectivity index (χ0n) is 17.7. The van der Waals surface area contributed by atoms with Crippen LogP contribution >= 0.6 is 15.9 Å². The predicted molar refractivity (Wildman–Crippen MR) is 120 cm³/mol. The summed E-state index contributed by atoms with van der Waals surface area (Å²) in [5.41, 5.74) is 2.21. The van der Waals surface area contributed by atoms with Gasteiger partial charge >= 0.3 is 6.15 Å². The van der Waals surface area contributed by atoms with E-state index in [1.807, 2.05) is 26.1 Å². The van der Waals surface area contributed by atoms with E-state index in [4.69, 9.17) is 19.4 Å². The van der Waals surface area contributed by atoms with E-state index >= 15 is 0 Å². The molecule has 1 heterocycles. The smallest absolute Gasteiger partial charge is 0.373 e. The molecular formula is C20H30BrN5O4. The summed E-state index contributed by atoms with van der Waals surface area (Å²) >= 11 is 3.40. The summed E-state index contributed by atoms with van der Waals surface area (Å²) in [4.78, 5) is 24.9. The summed E-state index contributed by atoms with van der Waals surface area (Å²) < 4.78 is 5.48. The molecule has 0 aliphatic carbocycles. The molecule has 2 aromatic rings. The number of halogens is 1. The lowest BCUT2D eigenvalue weighted by Crippen LogP contribution is -2.20. The van der Waals surface area contributed by atoms with Gasteiger partial charge in [0.25, 0.3) is 0 Å². The zero-order valence-corrected chi connectivity index (χ0v) is 19.3. The van der Waals surface area contributed by atoms with Gasteiger partial charge in [0.05, 0.1) is 17.7 Å². The molecule has 1 aromatic carbocycles. The van der Waals surface area contributed by atoms with Gasteiger partial charge in [0, 0.05) is 31.6 Å². The first kappa shape index (κ1) is 27.6. The van der Waals surface area contributed by atoms with Crippen LogP contribution in [0.1, 0.15) is 19.4 Å². The minimum Gasteiger partial charge on any atom is -0.394 e. The number of aliphatic hydroxyl groups excluding tert-OH is 1. The number of nitrogens with one attached hydrogen (secondary N) is 3. The number of carbonyl (C=O) groups excluding carboxylic acids is 2. The van der Waals surface area contributed by atoms with Crippen molar-refractivity contribution in [3.63, 3.8) is 0 Å². The van der Waals surface area contributed by atoms with E-state index in [9.17, 15) is 0 Å². The van der Waals surface area contributed by atoms with Crippen LogP contribution in [0.25, 0.3) is 0 Å². The monoisotopic (exact) mass is 483 g/mol. The number of hydrogen-bond acceptors (Lipinski definition) is 9. The van der Waals surface area contributed by atoms with Crippen LogP contribution in [0.5, 0.6) is 0 Å². The second-order valence-electron chi connectivity index (χ2n) is 5.98. The SMILES string of the molecule is CCc1cccc(Nc2ncc(Br)c(NC(C)CO)n2)c1.CNCCOC.O=C=O. The number of aromatic nitrogens is 2. The van der Waals surface area contributed by atoms with Crippen molar-refractivity contribution in [2.75, 3.05) is 44.5 Å². The molecule has 0 aliphatic heterocycles. The van der Waals surface area contributed by atoms with Crippen molar-refractivity contribution >= 4 is 39.5 Å². The molecule has 0 aliphatic rings. The standard InChI is InChI=1S/C15H19BrN4O.C4H11NO.CO2/c1-3-11-5-4-6-12(7-11)19-15-17-8-13(16)14(20-15)18-10(2)9-21;1-5-3-4-6-2;2-1-3/h4-8,10,21H,3,9H2,1-2H3,(H2,17,18,19,20);5H,3-4H2,1-2H3;. The lowest BCUT2D eigenvalue weighted by atomic mass is 10.1. The summed E-state index contributed by atoms with van der Waals surface area (Å²) in [6, 6.07) is 8.08. The molecule has 0 saturated heterocycles. The maximum absolute atomic E-state index is 9.11. The Balaban J connectivity index is 0.000000791. The van der Waals surface area contributed by atoms with Gasteiger partial charge in [-0.3, -0.25) is 0 Å². The molecule has 2 rings (SSSR count). The summed E-state index contributed by atoms with van der Waals surface area (Å²) in [6.07, 6.45) is 2.92. The Morgan fingerprint density at radius 3 is 2.57 bits per heavy atom. The highest BCUT2D eigenvalue weighted by molar-refractivity contribution is 9.10. The normalized spacial score (nSPS) is 10.5. The van der Waals surface area contributed by atoms with Crippen LogP contribution in [0.3, 0.4) is 0 Å². The van der Waals surface area contributed by atoms with Gasteiger partial charge in [-0.15, -0.1) is 0 Å². The number of benzene rings is 1. The molecule has 1 unspecified atom stereocenters. The van der Waals surface area contributed by atoms with Gasteiger partial charge in [-0.1, -0.05) is 19.1 Å². The van der Waals surface area contributed by atoms with Crippen LogP contribution in [-0.4, -0.2) is 61.2 Å². The fraction of sp³-hybridized carbons (Fsp3) is 0.450. The molecule has 1 aromatic heterocycles. The summed E-state index contributed by atoms with van der Waals surface area (Å²) in [5.74, 6) is 1.17. The van der Waals surface area contributed by atoms with Crippen LogP contribution in [-0.2, 0) is 20.7 Å². The van der Waals surface area contributed by atoms with Crippen LogP contribution in [0.2, 0.25) is 0 Å². The van der Waals surface area contributed by atoms with E-state index in [0.717, 1.165) is 29.7 Å². The molecule has 4 N–H and O–H groups in total. The van der Waals surface area contributed by atoms with Crippen LogP contribution < -0.4 is 16.0 Å². The maximum atomic E-state index is 9.11. The number of rotatable bonds is 9. The Morgan fingerprint density at radius 1 is 1.33 bits per heavy atom. The topological polar surface area (TPSA) is 125 Å². The Bertz CT molecular complexity index is 754. The third kappa shape index (κ3) is 12.3. The second kappa shape index (κ2) is 17.5. The highest BCUT2D eigenvalue weighted by atomic mass is 79.9. The minimum absolute atomic E-state index is 0.0394. The number of aryl methyl sites for hydroxylation is 1. The molecule has 0 amide bonds. The minimum atomic E-state index is -0.0764. The molecule has 1 atom stereocenters.